The van der Waals surface area contributed by atoms with Gasteiger partial charge in [0, 0.05) is 78.5 Å². The summed E-state index contributed by atoms with van der Waals surface area (Å²) in [4.78, 5) is 33.3. The van der Waals surface area contributed by atoms with Crippen LogP contribution in [0.1, 0.15) is 13.8 Å². The van der Waals surface area contributed by atoms with Gasteiger partial charge >= 0.3 is 7.82 Å². The molecule has 0 amide bonds. The van der Waals surface area contributed by atoms with Crippen molar-refractivity contribution in [2.75, 3.05) is 70.7 Å². The summed E-state index contributed by atoms with van der Waals surface area (Å²) >= 11 is 13.9. The Bertz CT molecular complexity index is 782. The van der Waals surface area contributed by atoms with E-state index in [1.807, 2.05) is 47.0 Å². The molecule has 0 aliphatic carbocycles. The van der Waals surface area contributed by atoms with Crippen LogP contribution >= 0.6 is 102 Å². The molecule has 2 fully saturated rings. The van der Waals surface area contributed by atoms with Gasteiger partial charge in [-0.3, -0.25) is 18.6 Å². The molecule has 0 saturated carbocycles. The summed E-state index contributed by atoms with van der Waals surface area (Å²) in [5, 5.41) is 2.24. The lowest BCUT2D eigenvalue weighted by atomic mass is 10.4. The Morgan fingerprint density at radius 3 is 1.38 bits per heavy atom. The highest BCUT2D eigenvalue weighted by molar-refractivity contribution is 8.16. The van der Waals surface area contributed by atoms with Crippen LogP contribution in [0.25, 0.3) is 0 Å². The molecule has 0 bridgehead atoms. The van der Waals surface area contributed by atoms with Gasteiger partial charge in [0.05, 0.1) is 13.2 Å². The average Bonchev–Trinajstić information content (AvgIpc) is 2.91. The third-order valence-electron chi connectivity index (χ3n) is 5.14. The molecule has 0 spiro atoms. The number of rotatable bonds is 18. The molecule has 224 valence electrons. The van der Waals surface area contributed by atoms with Crippen LogP contribution in [0.15, 0.2) is 24.3 Å². The lowest BCUT2D eigenvalue weighted by molar-refractivity contribution is -0.108. The molecule has 2 heterocycles. The minimum absolute atomic E-state index is 0.0827. The van der Waals surface area contributed by atoms with Gasteiger partial charge in [-0.2, -0.15) is 70.6 Å². The molecule has 39 heavy (non-hydrogen) atoms. The maximum absolute atomic E-state index is 12.1. The monoisotopic (exact) mass is 710 g/mol. The summed E-state index contributed by atoms with van der Waals surface area (Å²) in [6.45, 7) is 11.3. The fourth-order valence-corrected chi connectivity index (χ4v) is 14.9. The van der Waals surface area contributed by atoms with Crippen molar-refractivity contribution < 1.29 is 28.1 Å². The van der Waals surface area contributed by atoms with Crippen LogP contribution in [0.5, 0.6) is 0 Å². The van der Waals surface area contributed by atoms with E-state index in [4.69, 9.17) is 9.05 Å². The third-order valence-corrected chi connectivity index (χ3v) is 18.0. The molecule has 0 aromatic heterocycles. The second-order valence-corrected chi connectivity index (χ2v) is 19.9. The quantitative estimate of drug-likeness (QED) is 0.0931. The molecule has 0 aromatic rings. The number of carbonyl (C=O) groups is 2. The second kappa shape index (κ2) is 20.6. The van der Waals surface area contributed by atoms with Crippen molar-refractivity contribution >= 4 is 112 Å². The highest BCUT2D eigenvalue weighted by atomic mass is 32.2. The number of hydrogen-bond donors (Lipinski definition) is 1. The van der Waals surface area contributed by atoms with E-state index in [0.29, 0.717) is 43.7 Å². The van der Waals surface area contributed by atoms with Gasteiger partial charge in [0.2, 0.25) is 10.2 Å². The van der Waals surface area contributed by atoms with E-state index in [9.17, 15) is 19.0 Å². The summed E-state index contributed by atoms with van der Waals surface area (Å²) < 4.78 is 22.4. The summed E-state index contributed by atoms with van der Waals surface area (Å²) in [7, 11) is -4.02. The molecule has 6 nitrogen and oxygen atoms in total. The van der Waals surface area contributed by atoms with Gasteiger partial charge in [0.15, 0.2) is 0 Å². The molecular weight excluding hydrogens is 672 g/mol. The first-order chi connectivity index (χ1) is 18.6. The van der Waals surface area contributed by atoms with Crippen molar-refractivity contribution in [1.29, 1.82) is 0 Å². The summed E-state index contributed by atoms with van der Waals surface area (Å²) in [5.74, 6) is 9.10. The predicted octanol–water partition coefficient (Wildman–Crippen LogP) is 6.69. The van der Waals surface area contributed by atoms with Gasteiger partial charge in [-0.15, -0.1) is 0 Å². The van der Waals surface area contributed by atoms with Crippen molar-refractivity contribution in [2.45, 2.75) is 34.8 Å². The van der Waals surface area contributed by atoms with Gasteiger partial charge < -0.3 is 4.89 Å². The fraction of sp³-hybridized carbons (Fsp3) is 0.750. The average molecular weight is 711 g/mol. The maximum Gasteiger partial charge on any atom is 0.472 e. The zero-order valence-electron chi connectivity index (χ0n) is 22.4. The molecule has 2 aliphatic heterocycles. The molecule has 15 heteroatoms. The zero-order valence-corrected chi connectivity index (χ0v) is 29.8. The van der Waals surface area contributed by atoms with Gasteiger partial charge in [-0.1, -0.05) is 36.7 Å². The van der Waals surface area contributed by atoms with Crippen molar-refractivity contribution in [1.82, 2.24) is 0 Å². The normalized spacial score (nSPS) is 25.1. The topological polar surface area (TPSA) is 89.9 Å². The minimum atomic E-state index is -4.02. The van der Waals surface area contributed by atoms with Crippen LogP contribution in [0.2, 0.25) is 0 Å². The molecule has 2 aliphatic rings. The van der Waals surface area contributed by atoms with Crippen molar-refractivity contribution in [3.05, 3.63) is 24.3 Å². The van der Waals surface area contributed by atoms with E-state index < -0.39 is 7.82 Å². The van der Waals surface area contributed by atoms with Crippen LogP contribution < -0.4 is 0 Å². The van der Waals surface area contributed by atoms with E-state index in [0.717, 1.165) is 46.0 Å². The SMILES string of the molecule is C=C(C)C(=O)SCC1CSC(CSCCOP(=O)(O)OCCSCC2CSC(CSC(=O)C(=C)C)CS2)CS1. The van der Waals surface area contributed by atoms with Crippen LogP contribution in [-0.4, -0.2) is 107 Å². The van der Waals surface area contributed by atoms with Crippen LogP contribution in [0.4, 0.5) is 0 Å². The Morgan fingerprint density at radius 1 is 0.744 bits per heavy atom. The lowest BCUT2D eigenvalue weighted by Crippen LogP contribution is -2.25. The van der Waals surface area contributed by atoms with Gasteiger partial charge in [0.25, 0.3) is 0 Å². The second-order valence-electron chi connectivity index (χ2n) is 8.86. The highest BCUT2D eigenvalue weighted by Crippen LogP contribution is 2.43. The van der Waals surface area contributed by atoms with Crippen LogP contribution in [-0.2, 0) is 23.2 Å². The smallest absolute Gasteiger partial charge is 0.302 e. The van der Waals surface area contributed by atoms with Crippen molar-refractivity contribution in [3.8, 4) is 0 Å². The molecule has 1 N–H and O–H groups in total. The zero-order chi connectivity index (χ0) is 28.7. The van der Waals surface area contributed by atoms with E-state index >= 15 is 0 Å². The van der Waals surface area contributed by atoms with Crippen LogP contribution in [0, 0.1) is 0 Å². The maximum atomic E-state index is 12.1. The Balaban J connectivity index is 1.43. The molecule has 0 radical (unpaired) electrons. The molecule has 2 saturated heterocycles. The predicted molar refractivity (Wildman–Crippen MR) is 186 cm³/mol. The van der Waals surface area contributed by atoms with Gasteiger partial charge in [-0.25, -0.2) is 4.57 Å². The summed E-state index contributed by atoms with van der Waals surface area (Å²) in [5.41, 5.74) is 1.21. The summed E-state index contributed by atoms with van der Waals surface area (Å²) in [6.07, 6.45) is 0. The Morgan fingerprint density at radius 2 is 1.08 bits per heavy atom. The van der Waals surface area contributed by atoms with Crippen molar-refractivity contribution in [3.63, 3.8) is 0 Å². The highest BCUT2D eigenvalue weighted by Gasteiger charge is 2.25. The molecule has 4 atom stereocenters. The van der Waals surface area contributed by atoms with Crippen molar-refractivity contribution in [2.24, 2.45) is 0 Å². The standard InChI is InChI=1S/C24H39O6PS8/c1-17(2)23(25)38-15-21-13-34-19(11-36-21)9-32-7-5-29-31(27,28)30-6-8-33-10-20-12-37-22(14-35-20)16-39-24(26)18(3)4/h19-22H,1,3,5-16H2,2,4H3,(H,27,28). The fourth-order valence-electron chi connectivity index (χ4n) is 3.02. The van der Waals surface area contributed by atoms with Gasteiger partial charge in [-0.05, 0) is 25.0 Å². The van der Waals surface area contributed by atoms with E-state index in [1.165, 1.54) is 23.5 Å². The molecule has 4 unspecified atom stereocenters. The summed E-state index contributed by atoms with van der Waals surface area (Å²) in [6, 6.07) is 0. The van der Waals surface area contributed by atoms with E-state index in [-0.39, 0.29) is 23.4 Å². The Kier molecular flexibility index (Phi) is 19.5. The number of carbonyl (C=O) groups excluding carboxylic acids is 2. The van der Waals surface area contributed by atoms with E-state index in [1.54, 1.807) is 37.4 Å². The number of phosphoric ester groups is 1. The molecule has 0 aromatic carbocycles. The number of hydrogen-bond acceptors (Lipinski definition) is 13. The molecule has 2 rings (SSSR count). The third kappa shape index (κ3) is 17.0. The molecular formula is C24H39O6PS8. The van der Waals surface area contributed by atoms with E-state index in [2.05, 4.69) is 13.2 Å². The first kappa shape index (κ1) is 36.9. The minimum Gasteiger partial charge on any atom is -0.302 e. The number of phosphoric acid groups is 1. The number of thioether (sulfide) groups is 8. The Hall–Kier alpha value is 1.73. The Labute approximate surface area is 268 Å². The first-order valence-corrected chi connectivity index (χ1v) is 22.4. The largest absolute Gasteiger partial charge is 0.472 e. The van der Waals surface area contributed by atoms with Crippen LogP contribution in [0.3, 0.4) is 0 Å². The van der Waals surface area contributed by atoms with Gasteiger partial charge in [0.1, 0.15) is 0 Å². The first-order valence-electron chi connectivity index (χ1n) is 12.4. The lowest BCUT2D eigenvalue weighted by Gasteiger charge is -2.27.